The van der Waals surface area contributed by atoms with Crippen molar-refractivity contribution in [1.29, 1.82) is 0 Å². The first-order chi connectivity index (χ1) is 9.56. The van der Waals surface area contributed by atoms with Gasteiger partial charge in [-0.1, -0.05) is 20.3 Å². The molecule has 20 heavy (non-hydrogen) atoms. The largest absolute Gasteiger partial charge is 0.461 e. The Morgan fingerprint density at radius 3 is 2.80 bits per heavy atom. The van der Waals surface area contributed by atoms with Crippen LogP contribution in [-0.4, -0.2) is 23.6 Å². The number of rotatable bonds is 5. The Labute approximate surface area is 124 Å². The topological polar surface area (TPSA) is 51.2 Å². The van der Waals surface area contributed by atoms with Crippen molar-refractivity contribution in [1.82, 2.24) is 4.98 Å². The molecule has 3 unspecified atom stereocenters. The van der Waals surface area contributed by atoms with E-state index < -0.39 is 0 Å². The molecular weight excluding hydrogens is 272 g/mol. The zero-order chi connectivity index (χ0) is 14.7. The molecule has 1 fully saturated rings. The molecule has 0 bridgehead atoms. The van der Waals surface area contributed by atoms with E-state index in [1.807, 2.05) is 13.8 Å². The zero-order valence-electron chi connectivity index (χ0n) is 12.7. The van der Waals surface area contributed by atoms with E-state index in [9.17, 15) is 4.79 Å². The van der Waals surface area contributed by atoms with Gasteiger partial charge in [0.25, 0.3) is 0 Å². The van der Waals surface area contributed by atoms with Crippen LogP contribution >= 0.6 is 11.3 Å². The van der Waals surface area contributed by atoms with E-state index in [0.29, 0.717) is 24.3 Å². The summed E-state index contributed by atoms with van der Waals surface area (Å²) in [6, 6.07) is 0.473. The van der Waals surface area contributed by atoms with Crippen molar-refractivity contribution < 1.29 is 9.53 Å². The minimum atomic E-state index is -0.319. The Kier molecular flexibility index (Phi) is 5.02. The molecular formula is C15H24N2O2S. The minimum Gasteiger partial charge on any atom is -0.461 e. The lowest BCUT2D eigenvalue weighted by atomic mass is 9.94. The molecule has 5 heteroatoms. The zero-order valence-corrected chi connectivity index (χ0v) is 13.5. The van der Waals surface area contributed by atoms with Crippen molar-refractivity contribution in [2.75, 3.05) is 11.9 Å². The molecule has 0 spiro atoms. The van der Waals surface area contributed by atoms with Gasteiger partial charge in [0.1, 0.15) is 0 Å². The van der Waals surface area contributed by atoms with E-state index in [1.54, 1.807) is 11.3 Å². The molecule has 4 nitrogen and oxygen atoms in total. The SMILES string of the molecule is CCOC(=O)c1nc(NC2CCC(CC)C2C)sc1C. The van der Waals surface area contributed by atoms with E-state index in [1.165, 1.54) is 19.3 Å². The molecule has 112 valence electrons. The molecule has 0 amide bonds. The maximum atomic E-state index is 11.8. The molecule has 1 aliphatic carbocycles. The van der Waals surface area contributed by atoms with Gasteiger partial charge in [-0.05, 0) is 38.5 Å². The highest BCUT2D eigenvalue weighted by Gasteiger charge is 2.32. The van der Waals surface area contributed by atoms with Gasteiger partial charge < -0.3 is 10.1 Å². The second kappa shape index (κ2) is 6.57. The molecule has 1 aromatic heterocycles. The summed E-state index contributed by atoms with van der Waals surface area (Å²) in [6.07, 6.45) is 3.71. The summed E-state index contributed by atoms with van der Waals surface area (Å²) in [4.78, 5) is 17.1. The highest BCUT2D eigenvalue weighted by Crippen LogP contribution is 2.36. The maximum Gasteiger partial charge on any atom is 0.358 e. The first-order valence-corrected chi connectivity index (χ1v) is 8.29. The Morgan fingerprint density at radius 2 is 2.20 bits per heavy atom. The number of carbonyl (C=O) groups excluding carboxylic acids is 1. The molecule has 3 atom stereocenters. The third-order valence-electron chi connectivity index (χ3n) is 4.33. The molecule has 1 N–H and O–H groups in total. The van der Waals surface area contributed by atoms with E-state index >= 15 is 0 Å². The Balaban J connectivity index is 2.04. The van der Waals surface area contributed by atoms with Crippen LogP contribution in [0.25, 0.3) is 0 Å². The third-order valence-corrected chi connectivity index (χ3v) is 5.23. The first-order valence-electron chi connectivity index (χ1n) is 7.47. The van der Waals surface area contributed by atoms with Gasteiger partial charge in [-0.2, -0.15) is 0 Å². The monoisotopic (exact) mass is 296 g/mol. The summed E-state index contributed by atoms with van der Waals surface area (Å²) >= 11 is 1.54. The summed E-state index contributed by atoms with van der Waals surface area (Å²) in [5.74, 6) is 1.15. The lowest BCUT2D eigenvalue weighted by Gasteiger charge is -2.20. The molecule has 0 saturated heterocycles. The standard InChI is InChI=1S/C15H24N2O2S/c1-5-11-7-8-12(9(11)3)16-15-17-13(10(4)20-15)14(18)19-6-2/h9,11-12H,5-8H2,1-4H3,(H,16,17). The Bertz CT molecular complexity index is 472. The number of nitrogens with zero attached hydrogens (tertiary/aromatic N) is 1. The second-order valence-electron chi connectivity index (χ2n) is 5.50. The fourth-order valence-corrected chi connectivity index (χ4v) is 3.90. The predicted molar refractivity (Wildman–Crippen MR) is 82.4 cm³/mol. The average molecular weight is 296 g/mol. The van der Waals surface area contributed by atoms with E-state index in [-0.39, 0.29) is 5.97 Å². The van der Waals surface area contributed by atoms with Gasteiger partial charge in [0.05, 0.1) is 6.61 Å². The number of hydrogen-bond acceptors (Lipinski definition) is 5. The van der Waals surface area contributed by atoms with Gasteiger partial charge >= 0.3 is 5.97 Å². The summed E-state index contributed by atoms with van der Waals surface area (Å²) < 4.78 is 5.03. The van der Waals surface area contributed by atoms with Gasteiger partial charge in [-0.25, -0.2) is 9.78 Å². The quantitative estimate of drug-likeness (QED) is 0.838. The third kappa shape index (κ3) is 3.14. The smallest absolute Gasteiger partial charge is 0.358 e. The van der Waals surface area contributed by atoms with Crippen molar-refractivity contribution in [3.8, 4) is 0 Å². The Hall–Kier alpha value is -1.10. The maximum absolute atomic E-state index is 11.8. The molecule has 1 aromatic rings. The number of esters is 1. The number of aryl methyl sites for hydroxylation is 1. The number of thiazole rings is 1. The first kappa shape index (κ1) is 15.3. The molecule has 0 aliphatic heterocycles. The van der Waals surface area contributed by atoms with Gasteiger partial charge in [0.15, 0.2) is 10.8 Å². The van der Waals surface area contributed by atoms with Crippen LogP contribution in [-0.2, 0) is 4.74 Å². The number of anilines is 1. The lowest BCUT2D eigenvalue weighted by molar-refractivity contribution is 0.0519. The van der Waals surface area contributed by atoms with E-state index in [0.717, 1.165) is 15.9 Å². The van der Waals surface area contributed by atoms with Crippen LogP contribution in [0.2, 0.25) is 0 Å². The van der Waals surface area contributed by atoms with Crippen molar-refractivity contribution in [2.45, 2.75) is 53.0 Å². The molecule has 0 radical (unpaired) electrons. The van der Waals surface area contributed by atoms with Gasteiger partial charge in [-0.3, -0.25) is 0 Å². The summed E-state index contributed by atoms with van der Waals surface area (Å²) in [5.41, 5.74) is 0.456. The summed E-state index contributed by atoms with van der Waals surface area (Å²) in [6.45, 7) is 8.68. The fourth-order valence-electron chi connectivity index (χ4n) is 3.03. The minimum absolute atomic E-state index is 0.319. The van der Waals surface area contributed by atoms with Gasteiger partial charge in [0, 0.05) is 10.9 Å². The highest BCUT2D eigenvalue weighted by molar-refractivity contribution is 7.15. The normalized spacial score (nSPS) is 25.7. The lowest BCUT2D eigenvalue weighted by Crippen LogP contribution is -2.24. The van der Waals surface area contributed by atoms with Gasteiger partial charge in [-0.15, -0.1) is 11.3 Å². The van der Waals surface area contributed by atoms with E-state index in [4.69, 9.17) is 4.74 Å². The summed E-state index contributed by atoms with van der Waals surface area (Å²) in [5, 5.41) is 4.36. The van der Waals surface area contributed by atoms with E-state index in [2.05, 4.69) is 24.1 Å². The van der Waals surface area contributed by atoms with Crippen molar-refractivity contribution >= 4 is 22.4 Å². The number of nitrogens with one attached hydrogen (secondary N) is 1. The van der Waals surface area contributed by atoms with Crippen LogP contribution in [0, 0.1) is 18.8 Å². The number of hydrogen-bond donors (Lipinski definition) is 1. The van der Waals surface area contributed by atoms with Crippen LogP contribution < -0.4 is 5.32 Å². The predicted octanol–water partition coefficient (Wildman–Crippen LogP) is 3.86. The molecule has 0 aromatic carbocycles. The fraction of sp³-hybridized carbons (Fsp3) is 0.733. The van der Waals surface area contributed by atoms with Crippen molar-refractivity contribution in [3.05, 3.63) is 10.6 Å². The Morgan fingerprint density at radius 1 is 1.45 bits per heavy atom. The van der Waals surface area contributed by atoms with Crippen molar-refractivity contribution in [3.63, 3.8) is 0 Å². The van der Waals surface area contributed by atoms with Crippen LogP contribution in [0.4, 0.5) is 5.13 Å². The second-order valence-corrected chi connectivity index (χ2v) is 6.70. The number of ether oxygens (including phenoxy) is 1. The molecule has 2 rings (SSSR count). The summed E-state index contributed by atoms with van der Waals surface area (Å²) in [7, 11) is 0. The van der Waals surface area contributed by atoms with Crippen LogP contribution in [0.15, 0.2) is 0 Å². The van der Waals surface area contributed by atoms with Gasteiger partial charge in [0.2, 0.25) is 0 Å². The molecule has 1 heterocycles. The van der Waals surface area contributed by atoms with Crippen LogP contribution in [0.5, 0.6) is 0 Å². The average Bonchev–Trinajstić information content (AvgIpc) is 2.95. The number of carbonyl (C=O) groups is 1. The van der Waals surface area contributed by atoms with Crippen LogP contribution in [0.1, 0.15) is 55.4 Å². The van der Waals surface area contributed by atoms with Crippen molar-refractivity contribution in [2.24, 2.45) is 11.8 Å². The molecule has 1 saturated carbocycles. The van der Waals surface area contributed by atoms with Crippen LogP contribution in [0.3, 0.4) is 0 Å². The number of aromatic nitrogens is 1. The highest BCUT2D eigenvalue weighted by atomic mass is 32.1. The molecule has 1 aliphatic rings.